The molecule has 158 valence electrons. The van der Waals surface area contributed by atoms with Crippen molar-refractivity contribution < 1.29 is 28.6 Å². The Kier molecular flexibility index (Phi) is 6.72. The Morgan fingerprint density at radius 2 is 1.70 bits per heavy atom. The second-order valence-electron chi connectivity index (χ2n) is 6.95. The summed E-state index contributed by atoms with van der Waals surface area (Å²) in [6.07, 6.45) is -0.245. The number of carbonyl (C=O) groups is 3. The van der Waals surface area contributed by atoms with E-state index >= 15 is 0 Å². The SMILES string of the molecule is CCOc1ccc(OCC(=O)OC(C)C(=O)c2ccc3c(c2)CCN3C(C)=O)cc1. The maximum atomic E-state index is 12.7. The molecule has 1 unspecified atom stereocenters. The van der Waals surface area contributed by atoms with E-state index in [9.17, 15) is 14.4 Å². The van der Waals surface area contributed by atoms with Crippen LogP contribution in [-0.2, 0) is 20.7 Å². The molecule has 0 aromatic heterocycles. The minimum absolute atomic E-state index is 0.0253. The summed E-state index contributed by atoms with van der Waals surface area (Å²) in [6.45, 7) is 5.82. The van der Waals surface area contributed by atoms with Gasteiger partial charge in [0.15, 0.2) is 12.7 Å². The number of carbonyl (C=O) groups excluding carboxylic acids is 3. The second-order valence-corrected chi connectivity index (χ2v) is 6.95. The van der Waals surface area contributed by atoms with Crippen LogP contribution in [0.2, 0.25) is 0 Å². The van der Waals surface area contributed by atoms with Crippen LogP contribution in [-0.4, -0.2) is 43.5 Å². The first-order valence-corrected chi connectivity index (χ1v) is 9.89. The molecule has 0 bridgehead atoms. The first kappa shape index (κ1) is 21.4. The predicted molar refractivity (Wildman–Crippen MR) is 111 cm³/mol. The maximum Gasteiger partial charge on any atom is 0.344 e. The molecule has 3 rings (SSSR count). The van der Waals surface area contributed by atoms with Crippen LogP contribution in [0.4, 0.5) is 5.69 Å². The number of Topliss-reactive ketones (excluding diaryl/α,β-unsaturated/α-hetero) is 1. The summed E-state index contributed by atoms with van der Waals surface area (Å²) in [7, 11) is 0. The van der Waals surface area contributed by atoms with E-state index in [0.717, 1.165) is 11.3 Å². The highest BCUT2D eigenvalue weighted by Gasteiger charge is 2.25. The lowest BCUT2D eigenvalue weighted by Crippen LogP contribution is -2.27. The second kappa shape index (κ2) is 9.43. The summed E-state index contributed by atoms with van der Waals surface area (Å²) in [5, 5.41) is 0. The third kappa shape index (κ3) is 4.97. The number of benzene rings is 2. The van der Waals surface area contributed by atoms with Gasteiger partial charge in [-0.2, -0.15) is 0 Å². The lowest BCUT2D eigenvalue weighted by atomic mass is 10.0. The molecule has 0 N–H and O–H groups in total. The molecule has 7 heteroatoms. The van der Waals surface area contributed by atoms with Crippen LogP contribution < -0.4 is 14.4 Å². The number of esters is 1. The summed E-state index contributed by atoms with van der Waals surface area (Å²) in [5.41, 5.74) is 2.22. The number of ketones is 1. The molecule has 1 amide bonds. The number of ether oxygens (including phenoxy) is 3. The lowest BCUT2D eigenvalue weighted by molar-refractivity contribution is -0.148. The number of hydrogen-bond donors (Lipinski definition) is 0. The van der Waals surface area contributed by atoms with Gasteiger partial charge < -0.3 is 19.1 Å². The first-order valence-electron chi connectivity index (χ1n) is 9.89. The fourth-order valence-corrected chi connectivity index (χ4v) is 3.34. The summed E-state index contributed by atoms with van der Waals surface area (Å²) in [4.78, 5) is 38.1. The van der Waals surface area contributed by atoms with E-state index in [1.165, 1.54) is 13.8 Å². The topological polar surface area (TPSA) is 82.1 Å². The molecule has 2 aromatic rings. The standard InChI is InChI=1S/C23H25NO6/c1-4-28-19-6-8-20(9-7-19)29-14-22(26)30-15(2)23(27)18-5-10-21-17(13-18)11-12-24(21)16(3)25/h5-10,13,15H,4,11-12,14H2,1-3H3. The third-order valence-corrected chi connectivity index (χ3v) is 4.81. The molecule has 1 atom stereocenters. The molecule has 30 heavy (non-hydrogen) atoms. The number of nitrogens with zero attached hydrogens (tertiary/aromatic N) is 1. The van der Waals surface area contributed by atoms with E-state index in [4.69, 9.17) is 14.2 Å². The van der Waals surface area contributed by atoms with Gasteiger partial charge in [0.2, 0.25) is 11.7 Å². The number of rotatable bonds is 8. The number of anilines is 1. The molecule has 0 aliphatic carbocycles. The van der Waals surface area contributed by atoms with E-state index < -0.39 is 12.1 Å². The summed E-state index contributed by atoms with van der Waals surface area (Å²) >= 11 is 0. The van der Waals surface area contributed by atoms with Crippen molar-refractivity contribution in [3.8, 4) is 11.5 Å². The van der Waals surface area contributed by atoms with Gasteiger partial charge in [0, 0.05) is 24.7 Å². The molecule has 0 radical (unpaired) electrons. The van der Waals surface area contributed by atoms with E-state index in [0.29, 0.717) is 36.6 Å². The highest BCUT2D eigenvalue weighted by molar-refractivity contribution is 6.01. The van der Waals surface area contributed by atoms with Crippen LogP contribution in [0, 0.1) is 0 Å². The number of hydrogen-bond acceptors (Lipinski definition) is 6. The molecule has 7 nitrogen and oxygen atoms in total. The third-order valence-electron chi connectivity index (χ3n) is 4.81. The molecule has 1 aliphatic heterocycles. The summed E-state index contributed by atoms with van der Waals surface area (Å²) < 4.78 is 16.0. The lowest BCUT2D eigenvalue weighted by Gasteiger charge is -2.16. The monoisotopic (exact) mass is 411 g/mol. The zero-order chi connectivity index (χ0) is 21.7. The Labute approximate surface area is 175 Å². The van der Waals surface area contributed by atoms with Crippen molar-refractivity contribution in [3.63, 3.8) is 0 Å². The van der Waals surface area contributed by atoms with Gasteiger partial charge in [-0.3, -0.25) is 9.59 Å². The van der Waals surface area contributed by atoms with Gasteiger partial charge in [-0.1, -0.05) is 0 Å². The quantitative estimate of drug-likeness (QED) is 0.490. The van der Waals surface area contributed by atoms with Gasteiger partial charge in [0.05, 0.1) is 6.61 Å². The highest BCUT2D eigenvalue weighted by Crippen LogP contribution is 2.29. The van der Waals surface area contributed by atoms with Crippen molar-refractivity contribution in [2.24, 2.45) is 0 Å². The molecule has 0 saturated heterocycles. The Morgan fingerprint density at radius 1 is 1.03 bits per heavy atom. The van der Waals surface area contributed by atoms with Crippen molar-refractivity contribution in [3.05, 3.63) is 53.6 Å². The molecule has 0 spiro atoms. The Bertz CT molecular complexity index is 937. The molecule has 0 saturated carbocycles. The highest BCUT2D eigenvalue weighted by atomic mass is 16.6. The maximum absolute atomic E-state index is 12.7. The fourth-order valence-electron chi connectivity index (χ4n) is 3.34. The van der Waals surface area contributed by atoms with Crippen molar-refractivity contribution in [1.82, 2.24) is 0 Å². The van der Waals surface area contributed by atoms with Crippen molar-refractivity contribution in [2.75, 3.05) is 24.7 Å². The van der Waals surface area contributed by atoms with Crippen LogP contribution in [0.3, 0.4) is 0 Å². The van der Waals surface area contributed by atoms with Crippen molar-refractivity contribution in [2.45, 2.75) is 33.3 Å². The van der Waals surface area contributed by atoms with Crippen LogP contribution in [0.5, 0.6) is 11.5 Å². The molecule has 2 aromatic carbocycles. The largest absolute Gasteiger partial charge is 0.494 e. The van der Waals surface area contributed by atoms with Gasteiger partial charge in [-0.05, 0) is 68.3 Å². The Balaban J connectivity index is 1.54. The fraction of sp³-hybridized carbons (Fsp3) is 0.348. The average Bonchev–Trinajstić information content (AvgIpc) is 3.16. The van der Waals surface area contributed by atoms with E-state index in [1.54, 1.807) is 47.4 Å². The van der Waals surface area contributed by atoms with E-state index in [-0.39, 0.29) is 18.3 Å². The van der Waals surface area contributed by atoms with Crippen LogP contribution in [0.1, 0.15) is 36.7 Å². The number of fused-ring (bicyclic) bond motifs is 1. The van der Waals surface area contributed by atoms with Gasteiger partial charge >= 0.3 is 5.97 Å². The molecule has 1 aliphatic rings. The van der Waals surface area contributed by atoms with Gasteiger partial charge in [0.1, 0.15) is 11.5 Å². The minimum Gasteiger partial charge on any atom is -0.494 e. The van der Waals surface area contributed by atoms with Crippen molar-refractivity contribution >= 4 is 23.3 Å². The van der Waals surface area contributed by atoms with Gasteiger partial charge in [-0.15, -0.1) is 0 Å². The van der Waals surface area contributed by atoms with Crippen LogP contribution >= 0.6 is 0 Å². The zero-order valence-corrected chi connectivity index (χ0v) is 17.3. The summed E-state index contributed by atoms with van der Waals surface area (Å²) in [5.74, 6) is 0.264. The molecular weight excluding hydrogens is 386 g/mol. The van der Waals surface area contributed by atoms with Gasteiger partial charge in [-0.25, -0.2) is 4.79 Å². The van der Waals surface area contributed by atoms with Crippen LogP contribution in [0.25, 0.3) is 0 Å². The smallest absolute Gasteiger partial charge is 0.344 e. The Hall–Kier alpha value is -3.35. The van der Waals surface area contributed by atoms with E-state index in [1.807, 2.05) is 6.92 Å². The minimum atomic E-state index is -0.940. The Morgan fingerprint density at radius 3 is 2.33 bits per heavy atom. The predicted octanol–water partition coefficient (Wildman–Crippen LogP) is 3.19. The normalized spacial score (nSPS) is 13.4. The molecule has 1 heterocycles. The zero-order valence-electron chi connectivity index (χ0n) is 17.3. The molecule has 0 fully saturated rings. The van der Waals surface area contributed by atoms with Crippen LogP contribution in [0.15, 0.2) is 42.5 Å². The van der Waals surface area contributed by atoms with Gasteiger partial charge in [0.25, 0.3) is 0 Å². The molecular formula is C23H25NO6. The number of amides is 1. The van der Waals surface area contributed by atoms with Crippen molar-refractivity contribution in [1.29, 1.82) is 0 Å². The van der Waals surface area contributed by atoms with E-state index in [2.05, 4.69) is 0 Å². The first-order chi connectivity index (χ1) is 14.4. The summed E-state index contributed by atoms with van der Waals surface area (Å²) in [6, 6.07) is 12.1. The average molecular weight is 411 g/mol.